The van der Waals surface area contributed by atoms with Crippen LogP contribution in [0, 0.1) is 5.92 Å². The molecule has 0 bridgehead atoms. The summed E-state index contributed by atoms with van der Waals surface area (Å²) in [5.74, 6) is 0.240. The van der Waals surface area contributed by atoms with Crippen molar-refractivity contribution in [3.05, 3.63) is 34.9 Å². The minimum Gasteiger partial charge on any atom is -0.350 e. The molecule has 1 aromatic rings. The van der Waals surface area contributed by atoms with Gasteiger partial charge in [0.05, 0.1) is 6.54 Å². The summed E-state index contributed by atoms with van der Waals surface area (Å²) in [5, 5.41) is 8.88. The van der Waals surface area contributed by atoms with Crippen LogP contribution in [0.25, 0.3) is 0 Å². The van der Waals surface area contributed by atoms with Gasteiger partial charge in [-0.25, -0.2) is 4.79 Å². The third kappa shape index (κ3) is 6.92. The molecule has 1 aromatic carbocycles. The number of amides is 3. The van der Waals surface area contributed by atoms with E-state index in [0.717, 1.165) is 18.4 Å². The molecule has 5 N–H and O–H groups in total. The van der Waals surface area contributed by atoms with Gasteiger partial charge in [0.15, 0.2) is 0 Å². The van der Waals surface area contributed by atoms with E-state index in [0.29, 0.717) is 24.0 Å². The molecular formula is C18H27ClN4O2. The van der Waals surface area contributed by atoms with Crippen molar-refractivity contribution in [3.8, 4) is 0 Å². The van der Waals surface area contributed by atoms with Crippen molar-refractivity contribution in [2.45, 2.75) is 44.7 Å². The van der Waals surface area contributed by atoms with E-state index in [4.69, 9.17) is 17.3 Å². The van der Waals surface area contributed by atoms with Crippen molar-refractivity contribution < 1.29 is 9.59 Å². The predicted octanol–water partition coefficient (Wildman–Crippen LogP) is 2.16. The Bertz CT molecular complexity index is 559. The average molecular weight is 367 g/mol. The van der Waals surface area contributed by atoms with Gasteiger partial charge in [-0.3, -0.25) is 4.79 Å². The van der Waals surface area contributed by atoms with Gasteiger partial charge in [0.1, 0.15) is 0 Å². The van der Waals surface area contributed by atoms with Crippen LogP contribution < -0.4 is 21.7 Å². The molecule has 1 unspecified atom stereocenters. The van der Waals surface area contributed by atoms with Crippen LogP contribution in [0.4, 0.5) is 4.79 Å². The van der Waals surface area contributed by atoms with Gasteiger partial charge in [-0.15, -0.1) is 0 Å². The Hall–Kier alpha value is -1.79. The van der Waals surface area contributed by atoms with Gasteiger partial charge in [0.25, 0.3) is 0 Å². The molecule has 0 aromatic heterocycles. The second kappa shape index (κ2) is 10.3. The number of nitrogens with one attached hydrogen (secondary N) is 3. The van der Waals surface area contributed by atoms with E-state index in [-0.39, 0.29) is 24.5 Å². The van der Waals surface area contributed by atoms with Crippen LogP contribution in [-0.4, -0.2) is 31.1 Å². The Balaban J connectivity index is 1.67. The minimum absolute atomic E-state index is 0.00766. The summed E-state index contributed by atoms with van der Waals surface area (Å²) in [5.41, 5.74) is 6.74. The van der Waals surface area contributed by atoms with Crippen molar-refractivity contribution in [2.75, 3.05) is 13.1 Å². The Morgan fingerprint density at radius 3 is 2.44 bits per heavy atom. The molecule has 138 valence electrons. The van der Waals surface area contributed by atoms with Gasteiger partial charge >= 0.3 is 6.03 Å². The number of nitrogens with two attached hydrogens (primary N) is 1. The highest BCUT2D eigenvalue weighted by atomic mass is 35.5. The third-order valence-corrected chi connectivity index (χ3v) is 4.85. The Labute approximate surface area is 153 Å². The Kier molecular flexibility index (Phi) is 8.01. The average Bonchev–Trinajstić information content (AvgIpc) is 2.64. The number of urea groups is 1. The van der Waals surface area contributed by atoms with Crippen molar-refractivity contribution in [1.29, 1.82) is 0 Å². The van der Waals surface area contributed by atoms with Crippen molar-refractivity contribution in [3.63, 3.8) is 0 Å². The molecule has 7 heteroatoms. The van der Waals surface area contributed by atoms with E-state index in [9.17, 15) is 9.59 Å². The molecule has 6 nitrogen and oxygen atoms in total. The zero-order valence-corrected chi connectivity index (χ0v) is 15.1. The van der Waals surface area contributed by atoms with Crippen molar-refractivity contribution in [1.82, 2.24) is 16.0 Å². The first-order valence-corrected chi connectivity index (χ1v) is 9.22. The van der Waals surface area contributed by atoms with Crippen LogP contribution >= 0.6 is 11.6 Å². The summed E-state index contributed by atoms with van der Waals surface area (Å²) < 4.78 is 0. The fourth-order valence-corrected chi connectivity index (χ4v) is 3.30. The lowest BCUT2D eigenvalue weighted by molar-refractivity contribution is -0.121. The third-order valence-electron chi connectivity index (χ3n) is 4.60. The SMILES string of the molecule is NCC(NC(=O)CNC(=O)NCc1ccc(Cl)cc1)C1CCCCC1. The summed E-state index contributed by atoms with van der Waals surface area (Å²) in [6.45, 7) is 0.743. The fraction of sp³-hybridized carbons (Fsp3) is 0.556. The summed E-state index contributed by atoms with van der Waals surface area (Å²) in [4.78, 5) is 23.8. The molecule has 25 heavy (non-hydrogen) atoms. The van der Waals surface area contributed by atoms with E-state index in [1.165, 1.54) is 19.3 Å². The highest BCUT2D eigenvalue weighted by molar-refractivity contribution is 6.30. The normalized spacial score (nSPS) is 16.1. The predicted molar refractivity (Wildman–Crippen MR) is 99.3 cm³/mol. The molecule has 1 saturated carbocycles. The molecule has 1 fully saturated rings. The van der Waals surface area contributed by atoms with Gasteiger partial charge < -0.3 is 21.7 Å². The summed E-state index contributed by atoms with van der Waals surface area (Å²) in [6, 6.07) is 6.82. The first kappa shape index (κ1) is 19.5. The van der Waals surface area contributed by atoms with Gasteiger partial charge in [0, 0.05) is 24.2 Å². The number of hydrogen-bond acceptors (Lipinski definition) is 3. The molecule has 3 amide bonds. The largest absolute Gasteiger partial charge is 0.350 e. The number of carbonyl (C=O) groups is 2. The van der Waals surface area contributed by atoms with E-state index in [1.807, 2.05) is 12.1 Å². The van der Waals surface area contributed by atoms with Crippen LogP contribution in [0.3, 0.4) is 0 Å². The monoisotopic (exact) mass is 366 g/mol. The van der Waals surface area contributed by atoms with E-state index in [1.54, 1.807) is 12.1 Å². The first-order valence-electron chi connectivity index (χ1n) is 8.84. The van der Waals surface area contributed by atoms with Crippen LogP contribution in [0.2, 0.25) is 5.02 Å². The Morgan fingerprint density at radius 1 is 1.12 bits per heavy atom. The van der Waals surface area contributed by atoms with Gasteiger partial charge in [-0.1, -0.05) is 43.0 Å². The Morgan fingerprint density at radius 2 is 1.80 bits per heavy atom. The van der Waals surface area contributed by atoms with Crippen molar-refractivity contribution >= 4 is 23.5 Å². The second-order valence-electron chi connectivity index (χ2n) is 6.47. The van der Waals surface area contributed by atoms with Crippen LogP contribution in [-0.2, 0) is 11.3 Å². The maximum Gasteiger partial charge on any atom is 0.315 e. The van der Waals surface area contributed by atoms with Gasteiger partial charge in [-0.05, 0) is 36.5 Å². The maximum absolute atomic E-state index is 12.0. The highest BCUT2D eigenvalue weighted by Crippen LogP contribution is 2.26. The molecule has 0 spiro atoms. The molecule has 1 atom stereocenters. The molecule has 1 aliphatic carbocycles. The van der Waals surface area contributed by atoms with Crippen LogP contribution in [0.5, 0.6) is 0 Å². The van der Waals surface area contributed by atoms with Gasteiger partial charge in [-0.2, -0.15) is 0 Å². The fourth-order valence-electron chi connectivity index (χ4n) is 3.17. The maximum atomic E-state index is 12.0. The summed E-state index contributed by atoms with van der Waals surface area (Å²) in [7, 11) is 0. The molecular weight excluding hydrogens is 340 g/mol. The smallest absolute Gasteiger partial charge is 0.315 e. The summed E-state index contributed by atoms with van der Waals surface area (Å²) >= 11 is 5.82. The molecule has 0 saturated heterocycles. The quantitative estimate of drug-likeness (QED) is 0.595. The zero-order chi connectivity index (χ0) is 18.1. The number of carbonyl (C=O) groups excluding carboxylic acids is 2. The number of halogens is 1. The second-order valence-corrected chi connectivity index (χ2v) is 6.91. The van der Waals surface area contributed by atoms with Crippen LogP contribution in [0.1, 0.15) is 37.7 Å². The molecule has 2 rings (SSSR count). The number of benzene rings is 1. The van der Waals surface area contributed by atoms with E-state index in [2.05, 4.69) is 16.0 Å². The van der Waals surface area contributed by atoms with Gasteiger partial charge in [0.2, 0.25) is 5.91 Å². The minimum atomic E-state index is -0.382. The zero-order valence-electron chi connectivity index (χ0n) is 14.4. The number of rotatable bonds is 7. The first-order chi connectivity index (χ1) is 12.1. The molecule has 0 aliphatic heterocycles. The lowest BCUT2D eigenvalue weighted by Crippen LogP contribution is -2.50. The highest BCUT2D eigenvalue weighted by Gasteiger charge is 2.23. The molecule has 1 aliphatic rings. The lowest BCUT2D eigenvalue weighted by Gasteiger charge is -2.30. The topological polar surface area (TPSA) is 96.2 Å². The van der Waals surface area contributed by atoms with Crippen molar-refractivity contribution in [2.24, 2.45) is 11.7 Å². The molecule has 0 radical (unpaired) electrons. The lowest BCUT2D eigenvalue weighted by atomic mass is 9.84. The van der Waals surface area contributed by atoms with Crippen LogP contribution in [0.15, 0.2) is 24.3 Å². The number of hydrogen-bond donors (Lipinski definition) is 4. The molecule has 0 heterocycles. The standard InChI is InChI=1S/C18H27ClN4O2/c19-15-8-6-13(7-9-15)11-21-18(25)22-12-17(24)23-16(10-20)14-4-2-1-3-5-14/h6-9,14,16H,1-5,10-12,20H2,(H,23,24)(H2,21,22,25). The van der Waals surface area contributed by atoms with E-state index < -0.39 is 0 Å². The van der Waals surface area contributed by atoms with E-state index >= 15 is 0 Å². The summed E-state index contributed by atoms with van der Waals surface area (Å²) in [6.07, 6.45) is 5.87.